The number of hydrogen-bond donors (Lipinski definition) is 1. The second-order valence-corrected chi connectivity index (χ2v) is 7.43. The molecule has 2 heterocycles. The molecule has 3 heteroatoms. The summed E-state index contributed by atoms with van der Waals surface area (Å²) >= 11 is 1.82. The molecule has 1 fully saturated rings. The van der Waals surface area contributed by atoms with Crippen molar-refractivity contribution in [2.24, 2.45) is 5.41 Å². The Hall–Kier alpha value is -0.380. The smallest absolute Gasteiger partial charge is 0.0248 e. The molecule has 2 rings (SSSR count). The molecule has 0 amide bonds. The van der Waals surface area contributed by atoms with Crippen molar-refractivity contribution in [2.45, 2.75) is 53.2 Å². The van der Waals surface area contributed by atoms with E-state index in [1.807, 2.05) is 11.3 Å². The van der Waals surface area contributed by atoms with Crippen LogP contribution in [-0.2, 0) is 6.54 Å². The first-order valence-corrected chi connectivity index (χ1v) is 7.81. The molecule has 2 unspecified atom stereocenters. The lowest BCUT2D eigenvalue weighted by Gasteiger charge is -2.44. The molecule has 1 aromatic rings. The van der Waals surface area contributed by atoms with E-state index in [0.29, 0.717) is 17.5 Å². The van der Waals surface area contributed by atoms with Crippen LogP contribution in [0.5, 0.6) is 0 Å². The van der Waals surface area contributed by atoms with E-state index in [9.17, 15) is 0 Å². The summed E-state index contributed by atoms with van der Waals surface area (Å²) < 4.78 is 0. The van der Waals surface area contributed by atoms with E-state index < -0.39 is 0 Å². The molecule has 0 aliphatic carbocycles. The highest BCUT2D eigenvalue weighted by Gasteiger charge is 2.32. The summed E-state index contributed by atoms with van der Waals surface area (Å²) in [6.45, 7) is 14.9. The lowest BCUT2D eigenvalue weighted by Crippen LogP contribution is -2.59. The van der Waals surface area contributed by atoms with Gasteiger partial charge >= 0.3 is 0 Å². The molecule has 2 nitrogen and oxygen atoms in total. The monoisotopic (exact) mass is 266 g/mol. The fourth-order valence-corrected chi connectivity index (χ4v) is 3.34. The summed E-state index contributed by atoms with van der Waals surface area (Å²) in [5.41, 5.74) is 3.28. The molecule has 0 spiro atoms. The Balaban J connectivity index is 2.04. The average molecular weight is 266 g/mol. The Morgan fingerprint density at radius 2 is 2.11 bits per heavy atom. The maximum Gasteiger partial charge on any atom is 0.0248 e. The van der Waals surface area contributed by atoms with Crippen LogP contribution < -0.4 is 5.32 Å². The minimum atomic E-state index is 0.335. The Labute approximate surface area is 115 Å². The molecular weight excluding hydrogens is 240 g/mol. The lowest BCUT2D eigenvalue weighted by molar-refractivity contribution is 0.0877. The molecular formula is C15H26N2S. The van der Waals surface area contributed by atoms with E-state index in [-0.39, 0.29) is 0 Å². The van der Waals surface area contributed by atoms with E-state index in [2.05, 4.69) is 55.6 Å². The van der Waals surface area contributed by atoms with Gasteiger partial charge in [-0.25, -0.2) is 0 Å². The van der Waals surface area contributed by atoms with Gasteiger partial charge in [-0.15, -0.1) is 0 Å². The van der Waals surface area contributed by atoms with E-state index in [0.717, 1.165) is 19.6 Å². The van der Waals surface area contributed by atoms with Crippen LogP contribution in [-0.4, -0.2) is 30.1 Å². The zero-order valence-electron chi connectivity index (χ0n) is 12.3. The van der Waals surface area contributed by atoms with Gasteiger partial charge in [-0.3, -0.25) is 4.90 Å². The minimum Gasteiger partial charge on any atom is -0.311 e. The van der Waals surface area contributed by atoms with Gasteiger partial charge in [0.05, 0.1) is 0 Å². The molecule has 102 valence electrons. The van der Waals surface area contributed by atoms with Crippen LogP contribution in [0.15, 0.2) is 10.8 Å². The Kier molecular flexibility index (Phi) is 4.15. The van der Waals surface area contributed by atoms with Gasteiger partial charge in [0.1, 0.15) is 0 Å². The molecule has 1 aliphatic rings. The van der Waals surface area contributed by atoms with Crippen molar-refractivity contribution in [3.8, 4) is 0 Å². The fraction of sp³-hybridized carbons (Fsp3) is 0.733. The highest BCUT2D eigenvalue weighted by molar-refractivity contribution is 7.08. The van der Waals surface area contributed by atoms with Crippen molar-refractivity contribution in [3.05, 3.63) is 21.9 Å². The first-order chi connectivity index (χ1) is 8.38. The topological polar surface area (TPSA) is 15.3 Å². The van der Waals surface area contributed by atoms with Crippen LogP contribution in [0.2, 0.25) is 0 Å². The summed E-state index contributed by atoms with van der Waals surface area (Å²) in [7, 11) is 0. The van der Waals surface area contributed by atoms with Gasteiger partial charge in [0.15, 0.2) is 0 Å². The molecule has 1 N–H and O–H groups in total. The zero-order chi connectivity index (χ0) is 13.3. The molecule has 0 saturated carbocycles. The van der Waals surface area contributed by atoms with Crippen molar-refractivity contribution in [3.63, 3.8) is 0 Å². The summed E-state index contributed by atoms with van der Waals surface area (Å²) in [6, 6.07) is 1.22. The molecule has 1 aromatic heterocycles. The number of aryl methyl sites for hydroxylation is 1. The molecule has 1 aliphatic heterocycles. The van der Waals surface area contributed by atoms with Crippen LogP contribution in [0.1, 0.15) is 38.8 Å². The van der Waals surface area contributed by atoms with Gasteiger partial charge in [0.25, 0.3) is 0 Å². The van der Waals surface area contributed by atoms with Crippen LogP contribution >= 0.6 is 11.3 Å². The first-order valence-electron chi connectivity index (χ1n) is 6.87. The van der Waals surface area contributed by atoms with Gasteiger partial charge in [-0.2, -0.15) is 11.3 Å². The molecule has 18 heavy (non-hydrogen) atoms. The number of piperazine rings is 1. The molecule has 0 radical (unpaired) electrons. The summed E-state index contributed by atoms with van der Waals surface area (Å²) in [5.74, 6) is 0. The highest BCUT2D eigenvalue weighted by Crippen LogP contribution is 2.25. The van der Waals surface area contributed by atoms with Crippen molar-refractivity contribution >= 4 is 11.3 Å². The molecule has 0 bridgehead atoms. The zero-order valence-corrected chi connectivity index (χ0v) is 13.1. The quantitative estimate of drug-likeness (QED) is 0.884. The number of hydrogen-bond acceptors (Lipinski definition) is 3. The van der Waals surface area contributed by atoms with Gasteiger partial charge in [-0.05, 0) is 41.1 Å². The van der Waals surface area contributed by atoms with Gasteiger partial charge in [-0.1, -0.05) is 20.8 Å². The van der Waals surface area contributed by atoms with Crippen molar-refractivity contribution in [1.82, 2.24) is 10.2 Å². The third kappa shape index (κ3) is 3.14. The maximum atomic E-state index is 3.69. The highest BCUT2D eigenvalue weighted by atomic mass is 32.1. The first kappa shape index (κ1) is 14.0. The number of nitrogens with one attached hydrogen (secondary N) is 1. The largest absolute Gasteiger partial charge is 0.311 e. The van der Waals surface area contributed by atoms with Crippen molar-refractivity contribution in [2.75, 3.05) is 13.1 Å². The number of nitrogens with zero attached hydrogens (tertiary/aromatic N) is 1. The second-order valence-electron chi connectivity index (χ2n) is 6.69. The van der Waals surface area contributed by atoms with E-state index in [4.69, 9.17) is 0 Å². The van der Waals surface area contributed by atoms with E-state index in [1.54, 1.807) is 0 Å². The minimum absolute atomic E-state index is 0.335. The fourth-order valence-electron chi connectivity index (χ4n) is 2.49. The van der Waals surface area contributed by atoms with Gasteiger partial charge < -0.3 is 5.32 Å². The number of rotatable bonds is 2. The van der Waals surface area contributed by atoms with E-state index in [1.165, 1.54) is 11.1 Å². The number of thiophene rings is 1. The SMILES string of the molecule is Cc1cscc1CN1CC(C(C)(C)C)NCC1C. The predicted octanol–water partition coefficient (Wildman–Crippen LogP) is 3.26. The standard InChI is InChI=1S/C15H26N2S/c1-11-9-18-10-13(11)7-17-8-14(15(3,4)5)16-6-12(17)2/h9-10,12,14,16H,6-8H2,1-5H3. The van der Waals surface area contributed by atoms with Crippen molar-refractivity contribution < 1.29 is 0 Å². The third-order valence-corrected chi connectivity index (χ3v) is 4.99. The molecule has 1 saturated heterocycles. The third-order valence-electron chi connectivity index (χ3n) is 4.08. The van der Waals surface area contributed by atoms with Crippen LogP contribution in [0.25, 0.3) is 0 Å². The van der Waals surface area contributed by atoms with Crippen molar-refractivity contribution in [1.29, 1.82) is 0 Å². The van der Waals surface area contributed by atoms with Gasteiger partial charge in [0, 0.05) is 31.7 Å². The van der Waals surface area contributed by atoms with Crippen LogP contribution in [0, 0.1) is 12.3 Å². The lowest BCUT2D eigenvalue weighted by atomic mass is 9.84. The molecule has 2 atom stereocenters. The summed E-state index contributed by atoms with van der Waals surface area (Å²) in [6.07, 6.45) is 0. The Morgan fingerprint density at radius 1 is 1.39 bits per heavy atom. The predicted molar refractivity (Wildman–Crippen MR) is 80.2 cm³/mol. The van der Waals surface area contributed by atoms with Crippen LogP contribution in [0.3, 0.4) is 0 Å². The maximum absolute atomic E-state index is 3.69. The van der Waals surface area contributed by atoms with E-state index >= 15 is 0 Å². The second kappa shape index (κ2) is 5.32. The van der Waals surface area contributed by atoms with Crippen LogP contribution in [0.4, 0.5) is 0 Å². The summed E-state index contributed by atoms with van der Waals surface area (Å²) in [4.78, 5) is 2.63. The van der Waals surface area contributed by atoms with Gasteiger partial charge in [0.2, 0.25) is 0 Å². The Bertz CT molecular complexity index is 391. The summed E-state index contributed by atoms with van der Waals surface area (Å²) in [5, 5.41) is 8.25. The Morgan fingerprint density at radius 3 is 2.67 bits per heavy atom. The average Bonchev–Trinajstić information content (AvgIpc) is 2.66. The normalized spacial score (nSPS) is 26.5. The molecule has 0 aromatic carbocycles.